The molecule has 0 unspecified atom stereocenters. The number of nitrogens with zero attached hydrogens (tertiary/aromatic N) is 1. The van der Waals surface area contributed by atoms with Crippen LogP contribution in [-0.2, 0) is 0 Å². The second-order valence-electron chi connectivity index (χ2n) is 3.65. The van der Waals surface area contributed by atoms with Crippen LogP contribution in [0.3, 0.4) is 0 Å². The van der Waals surface area contributed by atoms with E-state index in [2.05, 4.69) is 42.2 Å². The van der Waals surface area contributed by atoms with Gasteiger partial charge in [0.05, 0.1) is 5.69 Å². The fraction of sp³-hybridized carbons (Fsp3) is 0.0833. The second-order valence-corrected chi connectivity index (χ2v) is 5.36. The van der Waals surface area contributed by atoms with E-state index in [-0.39, 0.29) is 0 Å². The van der Waals surface area contributed by atoms with Crippen LogP contribution >= 0.6 is 31.9 Å². The average molecular weight is 357 g/mol. The molecule has 1 aromatic heterocycles. The van der Waals surface area contributed by atoms with Gasteiger partial charge in [0.2, 0.25) is 0 Å². The number of aromatic nitrogens is 1. The number of rotatable bonds is 2. The van der Waals surface area contributed by atoms with Crippen LogP contribution in [0, 0.1) is 6.92 Å². The quantitative estimate of drug-likeness (QED) is 0.846. The number of nitrogens with two attached hydrogens (primary N) is 1. The number of aryl methyl sites for hydroxylation is 1. The van der Waals surface area contributed by atoms with Crippen LogP contribution in [0.15, 0.2) is 39.4 Å². The summed E-state index contributed by atoms with van der Waals surface area (Å²) in [4.78, 5) is 4.28. The molecule has 88 valence electrons. The van der Waals surface area contributed by atoms with Crippen LogP contribution in [0.25, 0.3) is 0 Å². The Balaban J connectivity index is 2.35. The van der Waals surface area contributed by atoms with Crippen LogP contribution in [0.4, 0.5) is 17.2 Å². The van der Waals surface area contributed by atoms with E-state index in [1.807, 2.05) is 31.2 Å². The number of benzene rings is 1. The van der Waals surface area contributed by atoms with Gasteiger partial charge in [0.15, 0.2) is 0 Å². The molecule has 0 saturated carbocycles. The summed E-state index contributed by atoms with van der Waals surface area (Å²) in [5, 5.41) is 3.22. The highest BCUT2D eigenvalue weighted by Crippen LogP contribution is 2.32. The molecule has 0 radical (unpaired) electrons. The van der Waals surface area contributed by atoms with Crippen molar-refractivity contribution in [3.8, 4) is 0 Å². The number of para-hydroxylation sites is 1. The van der Waals surface area contributed by atoms with Gasteiger partial charge >= 0.3 is 0 Å². The second kappa shape index (κ2) is 5.06. The number of pyridine rings is 1. The first kappa shape index (κ1) is 12.4. The highest BCUT2D eigenvalue weighted by atomic mass is 79.9. The van der Waals surface area contributed by atoms with E-state index in [0.29, 0.717) is 0 Å². The highest BCUT2D eigenvalue weighted by molar-refractivity contribution is 9.11. The zero-order valence-corrected chi connectivity index (χ0v) is 12.3. The maximum atomic E-state index is 5.85. The fourth-order valence-corrected chi connectivity index (χ4v) is 2.55. The van der Waals surface area contributed by atoms with Crippen molar-refractivity contribution in [2.45, 2.75) is 6.92 Å². The van der Waals surface area contributed by atoms with E-state index >= 15 is 0 Å². The van der Waals surface area contributed by atoms with Crippen molar-refractivity contribution < 1.29 is 0 Å². The van der Waals surface area contributed by atoms with Gasteiger partial charge in [-0.2, -0.15) is 0 Å². The summed E-state index contributed by atoms with van der Waals surface area (Å²) >= 11 is 6.97. The Kier molecular flexibility index (Phi) is 3.69. The van der Waals surface area contributed by atoms with Gasteiger partial charge in [-0.15, -0.1) is 0 Å². The van der Waals surface area contributed by atoms with Crippen molar-refractivity contribution in [1.82, 2.24) is 4.98 Å². The van der Waals surface area contributed by atoms with Gasteiger partial charge in [0.25, 0.3) is 0 Å². The fourth-order valence-electron chi connectivity index (χ4n) is 1.35. The predicted molar refractivity (Wildman–Crippen MR) is 78.5 cm³/mol. The minimum absolute atomic E-state index is 0.723. The first-order valence-corrected chi connectivity index (χ1v) is 6.59. The summed E-state index contributed by atoms with van der Waals surface area (Å²) in [5.41, 5.74) is 8.48. The summed E-state index contributed by atoms with van der Waals surface area (Å²) in [5.74, 6) is 0.723. The number of nitrogen functional groups attached to an aromatic ring is 1. The standard InChI is InChI=1S/C12H11Br2N3/c1-7-6-16-11(5-10(7)15)17-12-8(13)3-2-4-9(12)14/h2-6H,1H3,(H3,15,16,17). The first-order valence-electron chi connectivity index (χ1n) is 5.01. The zero-order valence-electron chi connectivity index (χ0n) is 9.17. The lowest BCUT2D eigenvalue weighted by Crippen LogP contribution is -1.98. The molecule has 0 saturated heterocycles. The number of anilines is 3. The molecular weight excluding hydrogens is 346 g/mol. The third kappa shape index (κ3) is 2.79. The molecule has 0 aliphatic heterocycles. The Morgan fingerprint density at radius 1 is 1.24 bits per heavy atom. The molecule has 3 N–H and O–H groups in total. The molecule has 17 heavy (non-hydrogen) atoms. The monoisotopic (exact) mass is 355 g/mol. The van der Waals surface area contributed by atoms with Gasteiger partial charge < -0.3 is 11.1 Å². The van der Waals surface area contributed by atoms with Crippen molar-refractivity contribution in [3.05, 3.63) is 45.0 Å². The molecule has 3 nitrogen and oxygen atoms in total. The van der Waals surface area contributed by atoms with Crippen molar-refractivity contribution in [2.75, 3.05) is 11.1 Å². The lowest BCUT2D eigenvalue weighted by Gasteiger charge is -2.11. The Labute approximate surface area is 117 Å². The zero-order chi connectivity index (χ0) is 12.4. The van der Waals surface area contributed by atoms with E-state index in [9.17, 15) is 0 Å². The van der Waals surface area contributed by atoms with Crippen molar-refractivity contribution >= 4 is 49.1 Å². The van der Waals surface area contributed by atoms with E-state index in [1.165, 1.54) is 0 Å². The Bertz CT molecular complexity index is 535. The third-order valence-electron chi connectivity index (χ3n) is 2.36. The summed E-state index contributed by atoms with van der Waals surface area (Å²) in [7, 11) is 0. The molecule has 1 aromatic carbocycles. The Morgan fingerprint density at radius 3 is 2.47 bits per heavy atom. The predicted octanol–water partition coefficient (Wildman–Crippen LogP) is 4.24. The van der Waals surface area contributed by atoms with Crippen molar-refractivity contribution in [3.63, 3.8) is 0 Å². The molecule has 2 aromatic rings. The van der Waals surface area contributed by atoms with E-state index in [0.717, 1.165) is 31.7 Å². The minimum atomic E-state index is 0.723. The van der Waals surface area contributed by atoms with Crippen molar-refractivity contribution in [1.29, 1.82) is 0 Å². The lowest BCUT2D eigenvalue weighted by molar-refractivity contribution is 1.26. The smallest absolute Gasteiger partial charge is 0.132 e. The van der Waals surface area contributed by atoms with Gasteiger partial charge in [-0.3, -0.25) is 0 Å². The largest absolute Gasteiger partial charge is 0.398 e. The maximum Gasteiger partial charge on any atom is 0.132 e. The molecule has 0 aliphatic rings. The SMILES string of the molecule is Cc1cnc(Nc2c(Br)cccc2Br)cc1N. The van der Waals surface area contributed by atoms with Crippen LogP contribution in [0.5, 0.6) is 0 Å². The number of hydrogen-bond acceptors (Lipinski definition) is 3. The molecule has 0 fully saturated rings. The van der Waals surface area contributed by atoms with E-state index in [4.69, 9.17) is 5.73 Å². The highest BCUT2D eigenvalue weighted by Gasteiger charge is 2.06. The van der Waals surface area contributed by atoms with Gasteiger partial charge in [0.1, 0.15) is 5.82 Å². The molecule has 0 atom stereocenters. The molecular formula is C12H11Br2N3. The van der Waals surface area contributed by atoms with E-state index < -0.39 is 0 Å². The molecule has 0 amide bonds. The molecule has 0 aliphatic carbocycles. The van der Waals surface area contributed by atoms with Crippen LogP contribution in [0.1, 0.15) is 5.56 Å². The Hall–Kier alpha value is -1.07. The van der Waals surface area contributed by atoms with E-state index in [1.54, 1.807) is 6.20 Å². The van der Waals surface area contributed by atoms with Gasteiger partial charge in [-0.25, -0.2) is 4.98 Å². The Morgan fingerprint density at radius 2 is 1.88 bits per heavy atom. The van der Waals surface area contributed by atoms with Crippen LogP contribution in [0.2, 0.25) is 0 Å². The number of nitrogens with one attached hydrogen (secondary N) is 1. The average Bonchev–Trinajstić information content (AvgIpc) is 2.28. The van der Waals surface area contributed by atoms with Crippen LogP contribution in [-0.4, -0.2) is 4.98 Å². The lowest BCUT2D eigenvalue weighted by atomic mass is 10.2. The summed E-state index contributed by atoms with van der Waals surface area (Å²) < 4.78 is 1.93. The number of halogens is 2. The first-order chi connectivity index (χ1) is 8.08. The van der Waals surface area contributed by atoms with Gasteiger partial charge in [-0.05, 0) is 56.5 Å². The molecule has 0 spiro atoms. The third-order valence-corrected chi connectivity index (χ3v) is 3.68. The summed E-state index contributed by atoms with van der Waals surface area (Å²) in [6, 6.07) is 7.70. The van der Waals surface area contributed by atoms with Crippen molar-refractivity contribution in [2.24, 2.45) is 0 Å². The topological polar surface area (TPSA) is 50.9 Å². The van der Waals surface area contributed by atoms with Gasteiger partial charge in [-0.1, -0.05) is 6.07 Å². The minimum Gasteiger partial charge on any atom is -0.398 e. The summed E-state index contributed by atoms with van der Waals surface area (Å²) in [6.45, 7) is 1.93. The molecule has 1 heterocycles. The molecule has 0 bridgehead atoms. The molecule has 5 heteroatoms. The number of hydrogen-bond donors (Lipinski definition) is 2. The maximum absolute atomic E-state index is 5.85. The normalized spacial score (nSPS) is 10.3. The summed E-state index contributed by atoms with van der Waals surface area (Å²) in [6.07, 6.45) is 1.75. The molecule has 2 rings (SSSR count). The van der Waals surface area contributed by atoms with Gasteiger partial charge in [0, 0.05) is 26.9 Å². The van der Waals surface area contributed by atoms with Crippen LogP contribution < -0.4 is 11.1 Å².